The van der Waals surface area contributed by atoms with Gasteiger partial charge in [-0.1, -0.05) is 19.8 Å². The summed E-state index contributed by atoms with van der Waals surface area (Å²) in [5.41, 5.74) is -0.204. The zero-order chi connectivity index (χ0) is 26.8. The van der Waals surface area contributed by atoms with Gasteiger partial charge in [-0.15, -0.1) is 0 Å². The van der Waals surface area contributed by atoms with Gasteiger partial charge in [-0.2, -0.15) is 5.10 Å². The standard InChI is InChI=1S/C25H36N4O6S/c1-7-15(2)28-36(33,34)20-14-18(26-22(30)17-10-8-9-11-17)12-13-19(20)35-23-16(3)21(24(31)32)27-29(23)25(4,5)6/h12-15,17,28H,7-11H2,1-6H3,(H,26,30)(H,31,32). The summed E-state index contributed by atoms with van der Waals surface area (Å²) in [5.74, 6) is -1.31. The van der Waals surface area contributed by atoms with Crippen molar-refractivity contribution in [1.29, 1.82) is 0 Å². The van der Waals surface area contributed by atoms with E-state index in [-0.39, 0.29) is 45.6 Å². The van der Waals surface area contributed by atoms with Crippen LogP contribution in [0.25, 0.3) is 0 Å². The number of aromatic carboxylic acids is 1. The Morgan fingerprint density at radius 2 is 1.89 bits per heavy atom. The van der Waals surface area contributed by atoms with Crippen molar-refractivity contribution < 1.29 is 27.9 Å². The second-order valence-corrected chi connectivity index (χ2v) is 12.0. The summed E-state index contributed by atoms with van der Waals surface area (Å²) in [7, 11) is -4.04. The first-order valence-corrected chi connectivity index (χ1v) is 13.7. The van der Waals surface area contributed by atoms with Gasteiger partial charge in [0.05, 0.1) is 5.54 Å². The summed E-state index contributed by atoms with van der Waals surface area (Å²) in [6.07, 6.45) is 4.21. The molecule has 2 aromatic rings. The monoisotopic (exact) mass is 520 g/mol. The number of ether oxygens (including phenoxy) is 1. The molecule has 1 aromatic heterocycles. The van der Waals surface area contributed by atoms with E-state index in [0.717, 1.165) is 25.7 Å². The van der Waals surface area contributed by atoms with Gasteiger partial charge in [0.1, 0.15) is 10.6 Å². The molecular weight excluding hydrogens is 484 g/mol. The number of carboxylic acid groups (broad SMARTS) is 1. The number of nitrogens with one attached hydrogen (secondary N) is 2. The molecule has 1 aliphatic rings. The van der Waals surface area contributed by atoms with Gasteiger partial charge >= 0.3 is 5.97 Å². The molecule has 1 aromatic carbocycles. The molecule has 0 bridgehead atoms. The zero-order valence-corrected chi connectivity index (χ0v) is 22.5. The Labute approximate surface area is 212 Å². The van der Waals surface area contributed by atoms with Crippen LogP contribution in [0.5, 0.6) is 11.6 Å². The summed E-state index contributed by atoms with van der Waals surface area (Å²) in [4.78, 5) is 24.2. The lowest BCUT2D eigenvalue weighted by molar-refractivity contribution is -0.119. The highest BCUT2D eigenvalue weighted by molar-refractivity contribution is 7.89. The Kier molecular flexibility index (Phi) is 8.14. The Balaban J connectivity index is 2.08. The van der Waals surface area contributed by atoms with Crippen LogP contribution in [0, 0.1) is 12.8 Å². The number of hydrogen-bond donors (Lipinski definition) is 3. The van der Waals surface area contributed by atoms with Gasteiger partial charge in [-0.05, 0) is 72.1 Å². The predicted octanol–water partition coefficient (Wildman–Crippen LogP) is 4.64. The molecule has 1 heterocycles. The molecule has 0 radical (unpaired) electrons. The molecule has 0 saturated heterocycles. The maximum absolute atomic E-state index is 13.4. The van der Waals surface area contributed by atoms with Crippen LogP contribution >= 0.6 is 0 Å². The van der Waals surface area contributed by atoms with Gasteiger partial charge in [0.15, 0.2) is 5.69 Å². The van der Waals surface area contributed by atoms with Crippen molar-refractivity contribution in [3.63, 3.8) is 0 Å². The van der Waals surface area contributed by atoms with Gasteiger partial charge in [0.25, 0.3) is 0 Å². The highest BCUT2D eigenvalue weighted by atomic mass is 32.2. The number of aromatic nitrogens is 2. The molecule has 1 aliphatic carbocycles. The van der Waals surface area contributed by atoms with Gasteiger partial charge in [-0.25, -0.2) is 22.6 Å². The van der Waals surface area contributed by atoms with Crippen molar-refractivity contribution in [1.82, 2.24) is 14.5 Å². The lowest BCUT2D eigenvalue weighted by Crippen LogP contribution is -2.32. The summed E-state index contributed by atoms with van der Waals surface area (Å²) in [6, 6.07) is 4.09. The zero-order valence-electron chi connectivity index (χ0n) is 21.7. The number of carbonyl (C=O) groups is 2. The largest absolute Gasteiger partial charge is 0.476 e. The SMILES string of the molecule is CCC(C)NS(=O)(=O)c1cc(NC(=O)C2CCCC2)ccc1Oc1c(C)c(C(=O)O)nn1C(C)(C)C. The average Bonchev–Trinajstić information content (AvgIpc) is 3.43. The van der Waals surface area contributed by atoms with E-state index in [0.29, 0.717) is 12.1 Å². The van der Waals surface area contributed by atoms with Crippen LogP contribution in [0.2, 0.25) is 0 Å². The molecule has 1 amide bonds. The highest BCUT2D eigenvalue weighted by Crippen LogP contribution is 2.36. The van der Waals surface area contributed by atoms with Crippen LogP contribution in [0.15, 0.2) is 23.1 Å². The topological polar surface area (TPSA) is 140 Å². The van der Waals surface area contributed by atoms with Gasteiger partial charge in [0, 0.05) is 23.2 Å². The number of amides is 1. The first-order chi connectivity index (χ1) is 16.7. The third-order valence-corrected chi connectivity index (χ3v) is 7.92. The fourth-order valence-electron chi connectivity index (χ4n) is 4.09. The molecule has 0 spiro atoms. The minimum atomic E-state index is -4.04. The minimum Gasteiger partial charge on any atom is -0.476 e. The number of anilines is 1. The Hall–Kier alpha value is -2.92. The number of benzene rings is 1. The van der Waals surface area contributed by atoms with E-state index in [4.69, 9.17) is 4.74 Å². The smallest absolute Gasteiger partial charge is 0.356 e. The summed E-state index contributed by atoms with van der Waals surface area (Å²) in [6.45, 7) is 10.7. The number of hydrogen-bond acceptors (Lipinski definition) is 6. The molecule has 3 rings (SSSR count). The molecule has 198 valence electrons. The van der Waals surface area contributed by atoms with Crippen molar-refractivity contribution in [2.45, 2.75) is 90.1 Å². The molecule has 1 unspecified atom stereocenters. The van der Waals surface area contributed by atoms with E-state index >= 15 is 0 Å². The van der Waals surface area contributed by atoms with E-state index in [1.54, 1.807) is 19.9 Å². The van der Waals surface area contributed by atoms with Gasteiger partial charge in [-0.3, -0.25) is 4.79 Å². The van der Waals surface area contributed by atoms with E-state index in [2.05, 4.69) is 15.1 Å². The Bertz CT molecular complexity index is 1240. The fraction of sp³-hybridized carbons (Fsp3) is 0.560. The summed E-state index contributed by atoms with van der Waals surface area (Å²) < 4.78 is 36.9. The number of carboxylic acids is 1. The average molecular weight is 521 g/mol. The first kappa shape index (κ1) is 27.7. The molecule has 36 heavy (non-hydrogen) atoms. The van der Waals surface area contributed by atoms with Crippen molar-refractivity contribution in [3.8, 4) is 11.6 Å². The van der Waals surface area contributed by atoms with Crippen LogP contribution < -0.4 is 14.8 Å². The molecule has 1 atom stereocenters. The molecular formula is C25H36N4O6S. The highest BCUT2D eigenvalue weighted by Gasteiger charge is 2.30. The maximum Gasteiger partial charge on any atom is 0.356 e. The lowest BCUT2D eigenvalue weighted by Gasteiger charge is -2.23. The number of sulfonamides is 1. The van der Waals surface area contributed by atoms with Gasteiger partial charge in [0.2, 0.25) is 21.8 Å². The normalized spacial score (nSPS) is 15.6. The second-order valence-electron chi connectivity index (χ2n) is 10.3. The van der Waals surface area contributed by atoms with Crippen LogP contribution in [-0.2, 0) is 20.4 Å². The Morgan fingerprint density at radius 1 is 1.25 bits per heavy atom. The number of nitrogens with zero attached hydrogens (tertiary/aromatic N) is 2. The molecule has 3 N–H and O–H groups in total. The summed E-state index contributed by atoms with van der Waals surface area (Å²) >= 11 is 0. The van der Waals surface area contributed by atoms with Crippen molar-refractivity contribution in [3.05, 3.63) is 29.5 Å². The number of carbonyl (C=O) groups excluding carboxylic acids is 1. The van der Waals surface area contributed by atoms with Crippen LogP contribution in [0.4, 0.5) is 5.69 Å². The third kappa shape index (κ3) is 6.07. The molecule has 1 fully saturated rings. The summed E-state index contributed by atoms with van der Waals surface area (Å²) in [5, 5.41) is 16.6. The van der Waals surface area contributed by atoms with Crippen molar-refractivity contribution in [2.75, 3.05) is 5.32 Å². The quantitative estimate of drug-likeness (QED) is 0.437. The fourth-order valence-corrected chi connectivity index (χ4v) is 5.57. The van der Waals surface area contributed by atoms with Crippen molar-refractivity contribution in [2.24, 2.45) is 5.92 Å². The van der Waals surface area contributed by atoms with E-state index in [9.17, 15) is 23.1 Å². The third-order valence-electron chi connectivity index (χ3n) is 6.31. The van der Waals surface area contributed by atoms with Crippen molar-refractivity contribution >= 4 is 27.6 Å². The number of rotatable bonds is 9. The van der Waals surface area contributed by atoms with Crippen LogP contribution in [-0.4, -0.2) is 41.2 Å². The predicted molar refractivity (Wildman–Crippen MR) is 136 cm³/mol. The molecule has 11 heteroatoms. The van der Waals surface area contributed by atoms with Crippen LogP contribution in [0.3, 0.4) is 0 Å². The molecule has 1 saturated carbocycles. The van der Waals surface area contributed by atoms with E-state index in [1.807, 2.05) is 27.7 Å². The second kappa shape index (κ2) is 10.6. The maximum atomic E-state index is 13.4. The molecule has 10 nitrogen and oxygen atoms in total. The lowest BCUT2D eigenvalue weighted by atomic mass is 10.1. The van der Waals surface area contributed by atoms with E-state index in [1.165, 1.54) is 16.8 Å². The first-order valence-electron chi connectivity index (χ1n) is 12.2. The Morgan fingerprint density at radius 3 is 2.44 bits per heavy atom. The van der Waals surface area contributed by atoms with E-state index < -0.39 is 21.5 Å². The van der Waals surface area contributed by atoms with Crippen LogP contribution in [0.1, 0.15) is 82.8 Å². The minimum absolute atomic E-state index is 0.00453. The molecule has 0 aliphatic heterocycles. The van der Waals surface area contributed by atoms with Gasteiger partial charge < -0.3 is 15.2 Å².